The standard InChI is InChI=1S/C12H14ClN/c1-2-12(14)10-6-7-11(13)9-5-3-4-8(9)10/h2,6-7,12H,1,3-5,14H2/t12-/m1/s1. The van der Waals surface area contributed by atoms with Gasteiger partial charge in [0.1, 0.15) is 0 Å². The molecule has 0 aliphatic heterocycles. The minimum atomic E-state index is -0.0564. The first-order chi connectivity index (χ1) is 6.74. The molecule has 1 aliphatic carbocycles. The van der Waals surface area contributed by atoms with Crippen LogP contribution in [0.5, 0.6) is 0 Å². The molecular formula is C12H14ClN. The van der Waals surface area contributed by atoms with E-state index < -0.39 is 0 Å². The summed E-state index contributed by atoms with van der Waals surface area (Å²) >= 11 is 6.12. The lowest BCUT2D eigenvalue weighted by molar-refractivity contribution is 0.870. The number of benzene rings is 1. The van der Waals surface area contributed by atoms with E-state index in [1.807, 2.05) is 12.1 Å². The first-order valence-electron chi connectivity index (χ1n) is 4.92. The van der Waals surface area contributed by atoms with Crippen LogP contribution >= 0.6 is 11.6 Å². The summed E-state index contributed by atoms with van der Waals surface area (Å²) in [5.74, 6) is 0. The number of fused-ring (bicyclic) bond motifs is 1. The molecule has 2 N–H and O–H groups in total. The second kappa shape index (κ2) is 3.76. The molecule has 1 aromatic rings. The molecule has 1 aliphatic rings. The normalized spacial score (nSPS) is 16.4. The third-order valence-corrected chi connectivity index (χ3v) is 3.23. The Morgan fingerprint density at radius 2 is 2.07 bits per heavy atom. The summed E-state index contributed by atoms with van der Waals surface area (Å²) in [6.07, 6.45) is 5.16. The fraction of sp³-hybridized carbons (Fsp3) is 0.333. The SMILES string of the molecule is C=C[C@@H](N)c1ccc(Cl)c2c1CCC2. The average Bonchev–Trinajstić information content (AvgIpc) is 2.67. The van der Waals surface area contributed by atoms with Gasteiger partial charge in [0.05, 0.1) is 0 Å². The predicted molar refractivity (Wildman–Crippen MR) is 60.6 cm³/mol. The van der Waals surface area contributed by atoms with Crippen LogP contribution in [0.1, 0.15) is 29.2 Å². The molecule has 0 heterocycles. The van der Waals surface area contributed by atoms with E-state index in [9.17, 15) is 0 Å². The molecule has 1 nitrogen and oxygen atoms in total. The molecular weight excluding hydrogens is 194 g/mol. The zero-order chi connectivity index (χ0) is 10.1. The lowest BCUT2D eigenvalue weighted by Gasteiger charge is -2.13. The Morgan fingerprint density at radius 3 is 2.79 bits per heavy atom. The van der Waals surface area contributed by atoms with E-state index in [2.05, 4.69) is 6.58 Å². The van der Waals surface area contributed by atoms with Gasteiger partial charge in [0.25, 0.3) is 0 Å². The highest BCUT2D eigenvalue weighted by Crippen LogP contribution is 2.33. The molecule has 0 unspecified atom stereocenters. The van der Waals surface area contributed by atoms with Crippen LogP contribution < -0.4 is 5.73 Å². The summed E-state index contributed by atoms with van der Waals surface area (Å²) in [4.78, 5) is 0. The Morgan fingerprint density at radius 1 is 1.36 bits per heavy atom. The number of halogens is 1. The van der Waals surface area contributed by atoms with E-state index in [4.69, 9.17) is 17.3 Å². The van der Waals surface area contributed by atoms with E-state index in [0.29, 0.717) is 0 Å². The molecule has 2 rings (SSSR count). The van der Waals surface area contributed by atoms with Crippen molar-refractivity contribution < 1.29 is 0 Å². The van der Waals surface area contributed by atoms with Crippen molar-refractivity contribution in [3.63, 3.8) is 0 Å². The first-order valence-corrected chi connectivity index (χ1v) is 5.30. The van der Waals surface area contributed by atoms with Gasteiger partial charge in [-0.05, 0) is 42.0 Å². The van der Waals surface area contributed by atoms with Crippen LogP contribution in [0.3, 0.4) is 0 Å². The summed E-state index contributed by atoms with van der Waals surface area (Å²) in [6.45, 7) is 3.73. The molecule has 14 heavy (non-hydrogen) atoms. The summed E-state index contributed by atoms with van der Waals surface area (Å²) in [6, 6.07) is 3.92. The minimum absolute atomic E-state index is 0.0564. The van der Waals surface area contributed by atoms with Gasteiger partial charge in [-0.25, -0.2) is 0 Å². The van der Waals surface area contributed by atoms with Crippen molar-refractivity contribution in [3.8, 4) is 0 Å². The fourth-order valence-corrected chi connectivity index (χ4v) is 2.40. The van der Waals surface area contributed by atoms with Gasteiger partial charge in [-0.2, -0.15) is 0 Å². The number of nitrogens with two attached hydrogens (primary N) is 1. The molecule has 0 saturated heterocycles. The maximum Gasteiger partial charge on any atom is 0.0481 e. The summed E-state index contributed by atoms with van der Waals surface area (Å²) in [5.41, 5.74) is 9.79. The Labute approximate surface area is 89.6 Å². The van der Waals surface area contributed by atoms with Crippen LogP contribution in [0.15, 0.2) is 24.8 Å². The quantitative estimate of drug-likeness (QED) is 0.742. The second-order valence-corrected chi connectivity index (χ2v) is 4.12. The molecule has 74 valence electrons. The maximum atomic E-state index is 6.12. The number of rotatable bonds is 2. The van der Waals surface area contributed by atoms with Crippen LogP contribution in [-0.2, 0) is 12.8 Å². The van der Waals surface area contributed by atoms with Crippen molar-refractivity contribution in [2.24, 2.45) is 5.73 Å². The predicted octanol–water partition coefficient (Wildman–Crippen LogP) is 3.01. The van der Waals surface area contributed by atoms with Crippen molar-refractivity contribution in [1.82, 2.24) is 0 Å². The van der Waals surface area contributed by atoms with E-state index >= 15 is 0 Å². The van der Waals surface area contributed by atoms with E-state index in [1.165, 1.54) is 23.1 Å². The molecule has 0 radical (unpaired) electrons. The first kappa shape index (κ1) is 9.75. The molecule has 2 heteroatoms. The van der Waals surface area contributed by atoms with Crippen LogP contribution in [0.25, 0.3) is 0 Å². The highest BCUT2D eigenvalue weighted by atomic mass is 35.5. The van der Waals surface area contributed by atoms with E-state index in [0.717, 1.165) is 17.9 Å². The minimum Gasteiger partial charge on any atom is -0.321 e. The second-order valence-electron chi connectivity index (χ2n) is 3.71. The Bertz CT molecular complexity index is 371. The lowest BCUT2D eigenvalue weighted by Crippen LogP contribution is -2.09. The van der Waals surface area contributed by atoms with Crippen LogP contribution in [-0.4, -0.2) is 0 Å². The van der Waals surface area contributed by atoms with Crippen molar-refractivity contribution in [1.29, 1.82) is 0 Å². The molecule has 0 fully saturated rings. The van der Waals surface area contributed by atoms with Gasteiger partial charge in [0.2, 0.25) is 0 Å². The van der Waals surface area contributed by atoms with Gasteiger partial charge in [-0.1, -0.05) is 23.7 Å². The third-order valence-electron chi connectivity index (χ3n) is 2.88. The highest BCUT2D eigenvalue weighted by Gasteiger charge is 2.19. The van der Waals surface area contributed by atoms with Crippen molar-refractivity contribution in [3.05, 3.63) is 46.5 Å². The highest BCUT2D eigenvalue weighted by molar-refractivity contribution is 6.31. The van der Waals surface area contributed by atoms with Gasteiger partial charge < -0.3 is 5.73 Å². The summed E-state index contributed by atoms with van der Waals surface area (Å²) in [5, 5.41) is 0.887. The Balaban J connectivity index is 2.53. The molecule has 0 saturated carbocycles. The van der Waals surface area contributed by atoms with Gasteiger partial charge in [0.15, 0.2) is 0 Å². The maximum absolute atomic E-state index is 6.12. The summed E-state index contributed by atoms with van der Waals surface area (Å²) in [7, 11) is 0. The van der Waals surface area contributed by atoms with Gasteiger partial charge in [0, 0.05) is 11.1 Å². The van der Waals surface area contributed by atoms with Gasteiger partial charge in [-0.15, -0.1) is 6.58 Å². The fourth-order valence-electron chi connectivity index (χ4n) is 2.13. The molecule has 1 aromatic carbocycles. The topological polar surface area (TPSA) is 26.0 Å². The van der Waals surface area contributed by atoms with Gasteiger partial charge in [-0.3, -0.25) is 0 Å². The molecule has 0 aromatic heterocycles. The van der Waals surface area contributed by atoms with Crippen molar-refractivity contribution in [2.45, 2.75) is 25.3 Å². The number of hydrogen-bond donors (Lipinski definition) is 1. The average molecular weight is 208 g/mol. The zero-order valence-corrected chi connectivity index (χ0v) is 8.85. The van der Waals surface area contributed by atoms with Crippen LogP contribution in [0.2, 0.25) is 5.02 Å². The number of hydrogen-bond acceptors (Lipinski definition) is 1. The van der Waals surface area contributed by atoms with Crippen LogP contribution in [0, 0.1) is 0 Å². The molecule has 1 atom stereocenters. The third kappa shape index (κ3) is 1.47. The lowest BCUT2D eigenvalue weighted by atomic mass is 9.98. The van der Waals surface area contributed by atoms with E-state index in [1.54, 1.807) is 6.08 Å². The molecule has 0 amide bonds. The smallest absolute Gasteiger partial charge is 0.0481 e. The summed E-state index contributed by atoms with van der Waals surface area (Å²) < 4.78 is 0. The van der Waals surface area contributed by atoms with Crippen molar-refractivity contribution >= 4 is 11.6 Å². The Hall–Kier alpha value is -0.790. The molecule has 0 bridgehead atoms. The van der Waals surface area contributed by atoms with Crippen LogP contribution in [0.4, 0.5) is 0 Å². The van der Waals surface area contributed by atoms with Crippen molar-refractivity contribution in [2.75, 3.05) is 0 Å². The van der Waals surface area contributed by atoms with Gasteiger partial charge >= 0.3 is 0 Å². The molecule has 0 spiro atoms. The van der Waals surface area contributed by atoms with E-state index in [-0.39, 0.29) is 6.04 Å². The Kier molecular flexibility index (Phi) is 2.62. The monoisotopic (exact) mass is 207 g/mol. The largest absolute Gasteiger partial charge is 0.321 e. The zero-order valence-electron chi connectivity index (χ0n) is 8.09.